The second-order valence-corrected chi connectivity index (χ2v) is 5.22. The molecule has 0 spiro atoms. The van der Waals surface area contributed by atoms with Gasteiger partial charge in [-0.1, -0.05) is 0 Å². The Morgan fingerprint density at radius 3 is 2.33 bits per heavy atom. The van der Waals surface area contributed by atoms with E-state index in [4.69, 9.17) is 16.2 Å². The first kappa shape index (κ1) is 17.7. The number of hydrogen-bond acceptors (Lipinski definition) is 10. The number of benzene rings is 1. The normalized spacial score (nSPS) is 10.9. The highest BCUT2D eigenvalue weighted by molar-refractivity contribution is 5.73. The molecule has 0 aliphatic carbocycles. The molecule has 0 radical (unpaired) electrons. The van der Waals surface area contributed by atoms with Crippen LogP contribution in [0.1, 0.15) is 0 Å². The molecule has 0 aliphatic heterocycles. The number of nitrogen functional groups attached to an aromatic ring is 2. The van der Waals surface area contributed by atoms with Crippen molar-refractivity contribution in [3.63, 3.8) is 0 Å². The van der Waals surface area contributed by atoms with E-state index in [9.17, 15) is 10.1 Å². The van der Waals surface area contributed by atoms with E-state index in [-0.39, 0.29) is 34.4 Å². The SMILES string of the molecule is COc1cc([N+](=O)[O-])ccc1N=Nc1c(N)nc(-c2ccncc2)nc1N. The van der Waals surface area contributed by atoms with Crippen molar-refractivity contribution in [3.05, 3.63) is 52.8 Å². The minimum absolute atomic E-state index is 0.0407. The quantitative estimate of drug-likeness (QED) is 0.394. The van der Waals surface area contributed by atoms with Gasteiger partial charge in [-0.15, -0.1) is 10.2 Å². The molecular formula is C16H14N8O3. The van der Waals surface area contributed by atoms with Crippen molar-refractivity contribution in [2.75, 3.05) is 18.6 Å². The molecule has 4 N–H and O–H groups in total. The lowest BCUT2D eigenvalue weighted by Crippen LogP contribution is -2.01. The molecule has 0 bridgehead atoms. The van der Waals surface area contributed by atoms with Gasteiger partial charge in [0.25, 0.3) is 5.69 Å². The molecule has 2 heterocycles. The maximum atomic E-state index is 10.8. The summed E-state index contributed by atoms with van der Waals surface area (Å²) in [5.74, 6) is 0.594. The van der Waals surface area contributed by atoms with Gasteiger partial charge in [-0.2, -0.15) is 0 Å². The van der Waals surface area contributed by atoms with Gasteiger partial charge in [0.2, 0.25) is 0 Å². The van der Waals surface area contributed by atoms with E-state index in [0.29, 0.717) is 11.4 Å². The first-order valence-electron chi connectivity index (χ1n) is 7.57. The number of nitro groups is 1. The summed E-state index contributed by atoms with van der Waals surface area (Å²) in [6, 6.07) is 7.37. The molecule has 11 heteroatoms. The number of aromatic nitrogens is 3. The van der Waals surface area contributed by atoms with Crippen molar-refractivity contribution in [3.8, 4) is 17.1 Å². The zero-order valence-electron chi connectivity index (χ0n) is 14.1. The molecule has 3 rings (SSSR count). The number of nitrogens with two attached hydrogens (primary N) is 2. The molecule has 0 atom stereocenters. The third kappa shape index (κ3) is 3.76. The Hall–Kier alpha value is -4.15. The Labute approximate surface area is 152 Å². The number of non-ortho nitro benzene ring substituents is 1. The van der Waals surface area contributed by atoms with Crippen LogP contribution in [0.2, 0.25) is 0 Å². The predicted molar refractivity (Wildman–Crippen MR) is 97.9 cm³/mol. The lowest BCUT2D eigenvalue weighted by molar-refractivity contribution is -0.384. The van der Waals surface area contributed by atoms with Crippen LogP contribution in [0.3, 0.4) is 0 Å². The van der Waals surface area contributed by atoms with Crippen molar-refractivity contribution in [2.45, 2.75) is 0 Å². The van der Waals surface area contributed by atoms with Crippen LogP contribution in [-0.4, -0.2) is 27.0 Å². The van der Waals surface area contributed by atoms with Crippen molar-refractivity contribution in [1.82, 2.24) is 15.0 Å². The molecule has 0 saturated heterocycles. The Bertz CT molecular complexity index is 1000. The van der Waals surface area contributed by atoms with E-state index in [0.717, 1.165) is 0 Å². The fourth-order valence-corrected chi connectivity index (χ4v) is 2.19. The highest BCUT2D eigenvalue weighted by atomic mass is 16.6. The van der Waals surface area contributed by atoms with Gasteiger partial charge in [0.05, 0.1) is 18.1 Å². The first-order chi connectivity index (χ1) is 13.0. The van der Waals surface area contributed by atoms with Gasteiger partial charge in [-0.25, -0.2) is 9.97 Å². The molecule has 0 saturated carbocycles. The number of hydrogen-bond donors (Lipinski definition) is 2. The highest BCUT2D eigenvalue weighted by Crippen LogP contribution is 2.35. The van der Waals surface area contributed by atoms with Crippen molar-refractivity contribution in [2.24, 2.45) is 10.2 Å². The molecule has 0 amide bonds. The zero-order valence-corrected chi connectivity index (χ0v) is 14.1. The van der Waals surface area contributed by atoms with E-state index >= 15 is 0 Å². The minimum Gasteiger partial charge on any atom is -0.494 e. The number of azo groups is 1. The zero-order chi connectivity index (χ0) is 19.4. The molecule has 1 aromatic carbocycles. The summed E-state index contributed by atoms with van der Waals surface area (Å²) in [6.07, 6.45) is 3.19. The largest absolute Gasteiger partial charge is 0.494 e. The van der Waals surface area contributed by atoms with Crippen LogP contribution in [0.5, 0.6) is 5.75 Å². The molecule has 11 nitrogen and oxygen atoms in total. The van der Waals surface area contributed by atoms with Gasteiger partial charge in [-0.3, -0.25) is 15.1 Å². The van der Waals surface area contributed by atoms with Crippen LogP contribution in [-0.2, 0) is 0 Å². The fourth-order valence-electron chi connectivity index (χ4n) is 2.19. The minimum atomic E-state index is -0.537. The van der Waals surface area contributed by atoms with Crippen molar-refractivity contribution >= 4 is 28.7 Å². The summed E-state index contributed by atoms with van der Waals surface area (Å²) < 4.78 is 5.10. The summed E-state index contributed by atoms with van der Waals surface area (Å²) in [7, 11) is 1.37. The van der Waals surface area contributed by atoms with Crippen LogP contribution < -0.4 is 16.2 Å². The van der Waals surface area contributed by atoms with Crippen LogP contribution in [0.4, 0.5) is 28.7 Å². The highest BCUT2D eigenvalue weighted by Gasteiger charge is 2.13. The third-order valence-corrected chi connectivity index (χ3v) is 3.51. The second-order valence-electron chi connectivity index (χ2n) is 5.22. The molecular weight excluding hydrogens is 352 g/mol. The van der Waals surface area contributed by atoms with E-state index in [1.807, 2.05) is 0 Å². The Balaban J connectivity index is 1.95. The van der Waals surface area contributed by atoms with Gasteiger partial charge >= 0.3 is 0 Å². The Morgan fingerprint density at radius 1 is 1.07 bits per heavy atom. The number of pyridine rings is 1. The summed E-state index contributed by atoms with van der Waals surface area (Å²) in [5.41, 5.74) is 12.8. The number of rotatable bonds is 5. The second kappa shape index (κ2) is 7.39. The smallest absolute Gasteiger partial charge is 0.273 e. The molecule has 0 fully saturated rings. The Morgan fingerprint density at radius 2 is 1.74 bits per heavy atom. The molecule has 3 aromatic rings. The van der Waals surface area contributed by atoms with E-state index in [1.165, 1.54) is 25.3 Å². The van der Waals surface area contributed by atoms with Crippen molar-refractivity contribution < 1.29 is 9.66 Å². The van der Waals surface area contributed by atoms with E-state index < -0.39 is 4.92 Å². The molecule has 0 aliphatic rings. The Kier molecular flexibility index (Phi) is 4.84. The van der Waals surface area contributed by atoms with Crippen LogP contribution in [0, 0.1) is 10.1 Å². The summed E-state index contributed by atoms with van der Waals surface area (Å²) in [4.78, 5) is 22.6. The maximum Gasteiger partial charge on any atom is 0.273 e. The van der Waals surface area contributed by atoms with Crippen LogP contribution in [0.25, 0.3) is 11.4 Å². The standard InChI is InChI=1S/C16H14N8O3/c1-27-12-8-10(24(25)26)2-3-11(12)22-23-13-14(17)20-16(21-15(13)18)9-4-6-19-7-5-9/h2-8H,1H3,(H4,17,18,20,21). The van der Waals surface area contributed by atoms with Gasteiger partial charge < -0.3 is 16.2 Å². The summed E-state index contributed by atoms with van der Waals surface area (Å²) in [5, 5.41) is 18.8. The van der Waals surface area contributed by atoms with E-state index in [1.54, 1.807) is 24.5 Å². The fraction of sp³-hybridized carbons (Fsp3) is 0.0625. The lowest BCUT2D eigenvalue weighted by atomic mass is 10.2. The van der Waals surface area contributed by atoms with Crippen LogP contribution >= 0.6 is 0 Å². The number of nitrogens with zero attached hydrogens (tertiary/aromatic N) is 6. The average Bonchev–Trinajstić information content (AvgIpc) is 2.67. The molecule has 0 unspecified atom stereocenters. The predicted octanol–water partition coefficient (Wildman–Crippen LogP) is 3.04. The van der Waals surface area contributed by atoms with Crippen LogP contribution in [0.15, 0.2) is 53.0 Å². The topological polar surface area (TPSA) is 168 Å². The first-order valence-corrected chi connectivity index (χ1v) is 7.57. The maximum absolute atomic E-state index is 10.8. The van der Waals surface area contributed by atoms with Gasteiger partial charge in [0, 0.05) is 24.0 Å². The van der Waals surface area contributed by atoms with E-state index in [2.05, 4.69) is 25.2 Å². The third-order valence-electron chi connectivity index (χ3n) is 3.51. The monoisotopic (exact) mass is 366 g/mol. The number of nitro benzene ring substituents is 1. The van der Waals surface area contributed by atoms with Gasteiger partial charge in [0.1, 0.15) is 5.69 Å². The lowest BCUT2D eigenvalue weighted by Gasteiger charge is -2.06. The number of methoxy groups -OCH3 is 1. The molecule has 136 valence electrons. The molecule has 27 heavy (non-hydrogen) atoms. The number of anilines is 2. The summed E-state index contributed by atoms with van der Waals surface area (Å²) >= 11 is 0. The van der Waals surface area contributed by atoms with Gasteiger partial charge in [0.15, 0.2) is 28.9 Å². The molecule has 2 aromatic heterocycles. The van der Waals surface area contributed by atoms with Gasteiger partial charge in [-0.05, 0) is 18.2 Å². The summed E-state index contributed by atoms with van der Waals surface area (Å²) in [6.45, 7) is 0. The average molecular weight is 366 g/mol. The van der Waals surface area contributed by atoms with Crippen molar-refractivity contribution in [1.29, 1.82) is 0 Å². The number of ether oxygens (including phenoxy) is 1.